The number of aromatic nitrogens is 1. The largest absolute Gasteiger partial charge is 0.354 e. The Hall–Kier alpha value is -2.70. The van der Waals surface area contributed by atoms with Crippen molar-refractivity contribution in [1.82, 2.24) is 15.8 Å². The second-order valence-corrected chi connectivity index (χ2v) is 7.21. The van der Waals surface area contributed by atoms with Gasteiger partial charge in [-0.05, 0) is 49.1 Å². The number of hydrogen-bond donors (Lipinski definition) is 3. The minimum Gasteiger partial charge on any atom is -0.354 e. The molecule has 2 aromatic carbocycles. The molecule has 1 fully saturated rings. The second kappa shape index (κ2) is 6.48. The van der Waals surface area contributed by atoms with Gasteiger partial charge >= 0.3 is 0 Å². The molecule has 6 heteroatoms. The highest BCUT2D eigenvalue weighted by Crippen LogP contribution is 2.36. The van der Waals surface area contributed by atoms with E-state index in [9.17, 15) is 9.18 Å². The Morgan fingerprint density at radius 2 is 2.11 bits per heavy atom. The Morgan fingerprint density at radius 1 is 1.19 bits per heavy atom. The molecule has 1 amide bonds. The molecule has 0 bridgehead atoms. The third-order valence-corrected chi connectivity index (χ3v) is 5.58. The van der Waals surface area contributed by atoms with Crippen LogP contribution in [-0.4, -0.2) is 24.0 Å². The van der Waals surface area contributed by atoms with Gasteiger partial charge in [-0.15, -0.1) is 0 Å². The molecular weight excluding hydrogens is 345 g/mol. The average molecular weight is 365 g/mol. The van der Waals surface area contributed by atoms with Crippen LogP contribution in [0.5, 0.6) is 0 Å². The first-order chi connectivity index (χ1) is 13.2. The molecule has 138 valence electrons. The van der Waals surface area contributed by atoms with Gasteiger partial charge in [-0.2, -0.15) is 0 Å². The first kappa shape index (κ1) is 16.5. The highest BCUT2D eigenvalue weighted by atomic mass is 19.1. The van der Waals surface area contributed by atoms with E-state index in [1.54, 1.807) is 12.1 Å². The smallest absolute Gasteiger partial charge is 0.275 e. The molecule has 1 atom stereocenters. The zero-order valence-electron chi connectivity index (χ0n) is 14.8. The number of hydrogen-bond acceptors (Lipinski definition) is 3. The van der Waals surface area contributed by atoms with Gasteiger partial charge < -0.3 is 10.3 Å². The van der Waals surface area contributed by atoms with E-state index in [1.165, 1.54) is 0 Å². The molecule has 2 aliphatic heterocycles. The number of rotatable bonds is 2. The molecule has 1 saturated heterocycles. The minimum atomic E-state index is -0.267. The van der Waals surface area contributed by atoms with Crippen molar-refractivity contribution in [1.29, 1.82) is 0 Å². The Balaban J connectivity index is 1.61. The monoisotopic (exact) mass is 365 g/mol. The lowest BCUT2D eigenvalue weighted by Gasteiger charge is -2.23. The van der Waals surface area contributed by atoms with Crippen LogP contribution in [0, 0.1) is 5.82 Å². The molecule has 0 spiro atoms. The Labute approximate surface area is 155 Å². The molecule has 0 radical (unpaired) electrons. The molecule has 3 heterocycles. The van der Waals surface area contributed by atoms with E-state index in [0.717, 1.165) is 59.2 Å². The molecule has 1 aromatic heterocycles. The zero-order chi connectivity index (χ0) is 18.4. The van der Waals surface area contributed by atoms with Crippen molar-refractivity contribution in [3.63, 3.8) is 0 Å². The van der Waals surface area contributed by atoms with Crippen molar-refractivity contribution in [3.05, 3.63) is 58.9 Å². The van der Waals surface area contributed by atoms with E-state index < -0.39 is 0 Å². The summed E-state index contributed by atoms with van der Waals surface area (Å²) in [7, 11) is 0. The predicted octanol–water partition coefficient (Wildman–Crippen LogP) is 3.62. The Kier molecular flexibility index (Phi) is 3.95. The standard InChI is InChI=1S/C21H20FN3O2/c22-17-9-12(6-7-14(17)13-3-2-8-23-10-13)20-16-11-27-25-21(26)15-4-1-5-18(24-20)19(15)16/h1,4-7,9,13,23-24H,2-3,8,10-11H2,(H,25,26). The number of benzene rings is 2. The van der Waals surface area contributed by atoms with Gasteiger partial charge in [0.15, 0.2) is 0 Å². The van der Waals surface area contributed by atoms with Gasteiger partial charge in [0.05, 0.1) is 11.3 Å². The van der Waals surface area contributed by atoms with Crippen molar-refractivity contribution < 1.29 is 14.0 Å². The second-order valence-electron chi connectivity index (χ2n) is 7.21. The molecule has 2 aliphatic rings. The number of carbonyl (C=O) groups is 1. The summed E-state index contributed by atoms with van der Waals surface area (Å²) in [6, 6.07) is 10.9. The van der Waals surface area contributed by atoms with Crippen molar-refractivity contribution in [3.8, 4) is 11.3 Å². The van der Waals surface area contributed by atoms with Gasteiger partial charge in [-0.3, -0.25) is 9.63 Å². The summed E-state index contributed by atoms with van der Waals surface area (Å²) in [4.78, 5) is 20.9. The van der Waals surface area contributed by atoms with Crippen molar-refractivity contribution in [2.75, 3.05) is 13.1 Å². The molecule has 5 rings (SSSR count). The lowest BCUT2D eigenvalue weighted by molar-refractivity contribution is 0.0256. The van der Waals surface area contributed by atoms with Crippen molar-refractivity contribution >= 4 is 16.8 Å². The lowest BCUT2D eigenvalue weighted by Crippen LogP contribution is -2.28. The van der Waals surface area contributed by atoms with E-state index in [1.807, 2.05) is 24.3 Å². The van der Waals surface area contributed by atoms with E-state index in [2.05, 4.69) is 15.8 Å². The molecule has 5 nitrogen and oxygen atoms in total. The summed E-state index contributed by atoms with van der Waals surface area (Å²) in [6.07, 6.45) is 2.07. The normalized spacial score (nSPS) is 19.7. The fraction of sp³-hybridized carbons (Fsp3) is 0.286. The van der Waals surface area contributed by atoms with Crippen LogP contribution in [0.25, 0.3) is 22.2 Å². The van der Waals surface area contributed by atoms with Crippen LogP contribution in [0.15, 0.2) is 36.4 Å². The highest BCUT2D eigenvalue weighted by Gasteiger charge is 2.24. The Bertz CT molecular complexity index is 1040. The van der Waals surface area contributed by atoms with Crippen LogP contribution in [0.4, 0.5) is 4.39 Å². The number of piperidine rings is 1. The third-order valence-electron chi connectivity index (χ3n) is 5.58. The predicted molar refractivity (Wildman–Crippen MR) is 101 cm³/mol. The summed E-state index contributed by atoms with van der Waals surface area (Å²) in [5.74, 6) is -0.235. The summed E-state index contributed by atoms with van der Waals surface area (Å²) >= 11 is 0. The van der Waals surface area contributed by atoms with Crippen LogP contribution < -0.4 is 10.8 Å². The number of carbonyl (C=O) groups excluding carboxylic acids is 1. The minimum absolute atomic E-state index is 0.184. The maximum atomic E-state index is 14.9. The van der Waals surface area contributed by atoms with Gasteiger partial charge in [0, 0.05) is 28.6 Å². The lowest BCUT2D eigenvalue weighted by atomic mass is 9.90. The molecule has 0 saturated carbocycles. The number of nitrogens with one attached hydrogen (secondary N) is 3. The summed E-state index contributed by atoms with van der Waals surface area (Å²) in [5, 5.41) is 4.18. The molecule has 3 aromatic rings. The number of aromatic amines is 1. The molecule has 1 unspecified atom stereocenters. The topological polar surface area (TPSA) is 66.2 Å². The van der Waals surface area contributed by atoms with E-state index in [4.69, 9.17) is 4.84 Å². The van der Waals surface area contributed by atoms with Gasteiger partial charge in [0.2, 0.25) is 0 Å². The SMILES string of the molecule is O=C1NOCc2c(-c3ccc(C4CCCNC4)c(F)c3)[nH]c3cccc1c23. The number of halogens is 1. The molecule has 3 N–H and O–H groups in total. The molecular formula is C21H20FN3O2. The first-order valence-electron chi connectivity index (χ1n) is 9.28. The zero-order valence-corrected chi connectivity index (χ0v) is 14.8. The van der Waals surface area contributed by atoms with Crippen molar-refractivity contribution in [2.45, 2.75) is 25.4 Å². The van der Waals surface area contributed by atoms with Gasteiger partial charge in [0.25, 0.3) is 5.91 Å². The van der Waals surface area contributed by atoms with Crippen LogP contribution in [0.3, 0.4) is 0 Å². The summed E-state index contributed by atoms with van der Waals surface area (Å²) in [6.45, 7) is 2.05. The highest BCUT2D eigenvalue weighted by molar-refractivity contribution is 6.09. The number of hydroxylamine groups is 1. The van der Waals surface area contributed by atoms with E-state index in [0.29, 0.717) is 5.56 Å². The fourth-order valence-electron chi connectivity index (χ4n) is 4.26. The maximum Gasteiger partial charge on any atom is 0.275 e. The Morgan fingerprint density at radius 3 is 2.93 bits per heavy atom. The maximum absolute atomic E-state index is 14.9. The van der Waals surface area contributed by atoms with Gasteiger partial charge in [-0.1, -0.05) is 18.2 Å². The van der Waals surface area contributed by atoms with Crippen LogP contribution in [0.1, 0.15) is 40.2 Å². The van der Waals surface area contributed by atoms with Gasteiger partial charge in [-0.25, -0.2) is 9.87 Å². The molecule has 27 heavy (non-hydrogen) atoms. The third kappa shape index (κ3) is 2.72. The summed E-state index contributed by atoms with van der Waals surface area (Å²) in [5.41, 5.74) is 7.04. The van der Waals surface area contributed by atoms with Gasteiger partial charge in [0.1, 0.15) is 12.4 Å². The summed E-state index contributed by atoms with van der Waals surface area (Å²) < 4.78 is 14.9. The van der Waals surface area contributed by atoms with E-state index >= 15 is 0 Å². The van der Waals surface area contributed by atoms with E-state index in [-0.39, 0.29) is 24.2 Å². The van der Waals surface area contributed by atoms with Crippen LogP contribution >= 0.6 is 0 Å². The van der Waals surface area contributed by atoms with Crippen LogP contribution in [0.2, 0.25) is 0 Å². The number of amides is 1. The number of H-pyrrole nitrogens is 1. The molecule has 0 aliphatic carbocycles. The average Bonchev–Trinajstić information content (AvgIpc) is 2.98. The first-order valence-corrected chi connectivity index (χ1v) is 9.28. The van der Waals surface area contributed by atoms with Crippen LogP contribution in [-0.2, 0) is 11.4 Å². The fourth-order valence-corrected chi connectivity index (χ4v) is 4.26. The quantitative estimate of drug-likeness (QED) is 0.650. The van der Waals surface area contributed by atoms with Crippen molar-refractivity contribution in [2.24, 2.45) is 0 Å².